The monoisotopic (exact) mass is 304 g/mol. The van der Waals surface area contributed by atoms with Crippen LogP contribution in [0.2, 0.25) is 0 Å². The molecule has 0 unspecified atom stereocenters. The molecule has 6 nitrogen and oxygen atoms in total. The lowest BCUT2D eigenvalue weighted by Crippen LogP contribution is -2.48. The normalized spacial score (nSPS) is 15.2. The van der Waals surface area contributed by atoms with Crippen LogP contribution in [0.4, 0.5) is 10.1 Å². The van der Waals surface area contributed by atoms with Gasteiger partial charge in [-0.25, -0.2) is 4.39 Å². The molecule has 0 spiro atoms. The third-order valence-electron chi connectivity index (χ3n) is 3.81. The summed E-state index contributed by atoms with van der Waals surface area (Å²) in [6, 6.07) is 3.46. The van der Waals surface area contributed by atoms with Gasteiger partial charge in [-0.1, -0.05) is 0 Å². The molecule has 7 heteroatoms. The Balaban J connectivity index is 1.67. The van der Waals surface area contributed by atoms with Crippen molar-refractivity contribution in [1.82, 2.24) is 14.7 Å². The molecule has 0 radical (unpaired) electrons. The first-order valence-electron chi connectivity index (χ1n) is 7.06. The minimum absolute atomic E-state index is 0.135. The Kier molecular flexibility index (Phi) is 3.70. The lowest BCUT2D eigenvalue weighted by atomic mass is 10.1. The zero-order valence-corrected chi connectivity index (χ0v) is 12.2. The summed E-state index contributed by atoms with van der Waals surface area (Å²) in [5, 5.41) is 13.9. The second kappa shape index (κ2) is 5.67. The van der Waals surface area contributed by atoms with Gasteiger partial charge >= 0.3 is 0 Å². The second-order valence-electron chi connectivity index (χ2n) is 5.31. The Bertz CT molecular complexity index is 693. The summed E-state index contributed by atoms with van der Waals surface area (Å²) in [5.74, 6) is -1.15. The first-order chi connectivity index (χ1) is 10.5. The first-order valence-corrected chi connectivity index (χ1v) is 7.06. The molecular weight excluding hydrogens is 287 g/mol. The molecule has 22 heavy (non-hydrogen) atoms. The van der Waals surface area contributed by atoms with Crippen molar-refractivity contribution in [1.29, 1.82) is 0 Å². The van der Waals surface area contributed by atoms with E-state index >= 15 is 0 Å². The van der Waals surface area contributed by atoms with E-state index in [4.69, 9.17) is 0 Å². The molecule has 1 amide bonds. The van der Waals surface area contributed by atoms with Crippen LogP contribution in [0.15, 0.2) is 30.6 Å². The summed E-state index contributed by atoms with van der Waals surface area (Å²) < 4.78 is 14.7. The maximum absolute atomic E-state index is 13.0. The number of rotatable bonds is 2. The Labute approximate surface area is 127 Å². The van der Waals surface area contributed by atoms with Crippen molar-refractivity contribution in [2.24, 2.45) is 7.05 Å². The summed E-state index contributed by atoms with van der Waals surface area (Å²) in [7, 11) is 1.86. The molecule has 1 aliphatic heterocycles. The van der Waals surface area contributed by atoms with Crippen molar-refractivity contribution in [2.45, 2.75) is 0 Å². The van der Waals surface area contributed by atoms with Gasteiger partial charge < -0.3 is 14.9 Å². The van der Waals surface area contributed by atoms with Crippen molar-refractivity contribution in [3.63, 3.8) is 0 Å². The molecule has 1 fully saturated rings. The topological polar surface area (TPSA) is 61.6 Å². The Morgan fingerprint density at radius 1 is 1.27 bits per heavy atom. The van der Waals surface area contributed by atoms with Crippen molar-refractivity contribution in [3.8, 4) is 5.75 Å². The number of aryl methyl sites for hydroxylation is 1. The third-order valence-corrected chi connectivity index (χ3v) is 3.81. The van der Waals surface area contributed by atoms with Gasteiger partial charge in [0.1, 0.15) is 11.6 Å². The zero-order valence-electron chi connectivity index (χ0n) is 12.2. The van der Waals surface area contributed by atoms with Gasteiger partial charge in [-0.3, -0.25) is 9.48 Å². The summed E-state index contributed by atoms with van der Waals surface area (Å²) in [6.45, 7) is 2.48. The number of halogens is 1. The lowest BCUT2D eigenvalue weighted by molar-refractivity contribution is 0.0743. The van der Waals surface area contributed by atoms with Gasteiger partial charge in [-0.2, -0.15) is 5.10 Å². The molecule has 2 heterocycles. The van der Waals surface area contributed by atoms with E-state index in [0.717, 1.165) is 11.8 Å². The summed E-state index contributed by atoms with van der Waals surface area (Å²) >= 11 is 0. The molecule has 1 saturated heterocycles. The number of aromatic nitrogens is 2. The Morgan fingerprint density at radius 2 is 2.00 bits per heavy atom. The highest BCUT2D eigenvalue weighted by Crippen LogP contribution is 2.21. The van der Waals surface area contributed by atoms with Gasteiger partial charge in [0.2, 0.25) is 0 Å². The fourth-order valence-corrected chi connectivity index (χ4v) is 2.60. The number of anilines is 1. The molecule has 116 valence electrons. The molecule has 0 atom stereocenters. The van der Waals surface area contributed by atoms with Crippen LogP contribution in [0.3, 0.4) is 0 Å². The van der Waals surface area contributed by atoms with Crippen molar-refractivity contribution < 1.29 is 14.3 Å². The molecule has 2 aromatic rings. The van der Waals surface area contributed by atoms with Crippen LogP contribution in [0.1, 0.15) is 10.4 Å². The van der Waals surface area contributed by atoms with Crippen LogP contribution in [0, 0.1) is 5.82 Å². The van der Waals surface area contributed by atoms with Crippen molar-refractivity contribution in [2.75, 3.05) is 31.1 Å². The van der Waals surface area contributed by atoms with Crippen molar-refractivity contribution in [3.05, 3.63) is 42.0 Å². The van der Waals surface area contributed by atoms with E-state index in [1.165, 1.54) is 12.1 Å². The van der Waals surface area contributed by atoms with Gasteiger partial charge in [0.15, 0.2) is 0 Å². The van der Waals surface area contributed by atoms with Gasteiger partial charge in [0, 0.05) is 45.5 Å². The largest absolute Gasteiger partial charge is 0.507 e. The Morgan fingerprint density at radius 3 is 2.59 bits per heavy atom. The number of piperazine rings is 1. The maximum atomic E-state index is 13.0. The second-order valence-corrected chi connectivity index (χ2v) is 5.31. The lowest BCUT2D eigenvalue weighted by Gasteiger charge is -2.35. The number of hydrogen-bond acceptors (Lipinski definition) is 4. The Hall–Kier alpha value is -2.57. The predicted octanol–water partition coefficient (Wildman–Crippen LogP) is 1.23. The van der Waals surface area contributed by atoms with E-state index in [2.05, 4.69) is 10.00 Å². The van der Waals surface area contributed by atoms with Gasteiger partial charge in [-0.15, -0.1) is 0 Å². The number of carbonyl (C=O) groups excluding carboxylic acids is 1. The number of hydrogen-bond donors (Lipinski definition) is 1. The number of phenols is 1. The van der Waals surface area contributed by atoms with E-state index in [1.54, 1.807) is 15.8 Å². The number of nitrogens with zero attached hydrogens (tertiary/aromatic N) is 4. The first kappa shape index (κ1) is 14.4. The van der Waals surface area contributed by atoms with Gasteiger partial charge in [-0.05, 0) is 12.1 Å². The number of amides is 1. The molecule has 1 aliphatic rings. The molecule has 0 aliphatic carbocycles. The molecule has 1 aromatic carbocycles. The highest BCUT2D eigenvalue weighted by molar-refractivity contribution is 5.97. The number of aromatic hydroxyl groups is 1. The van der Waals surface area contributed by atoms with E-state index in [1.807, 2.05) is 13.2 Å². The predicted molar refractivity (Wildman–Crippen MR) is 79.4 cm³/mol. The van der Waals surface area contributed by atoms with Gasteiger partial charge in [0.25, 0.3) is 5.91 Å². The molecule has 1 N–H and O–H groups in total. The molecular formula is C15H17FN4O2. The fourth-order valence-electron chi connectivity index (χ4n) is 2.60. The smallest absolute Gasteiger partial charge is 0.257 e. The van der Waals surface area contributed by atoms with E-state index in [9.17, 15) is 14.3 Å². The van der Waals surface area contributed by atoms with Crippen LogP contribution in [0.5, 0.6) is 5.75 Å². The quantitative estimate of drug-likeness (QED) is 0.906. The zero-order chi connectivity index (χ0) is 15.7. The van der Waals surface area contributed by atoms with Crippen LogP contribution in [-0.4, -0.2) is 51.9 Å². The van der Waals surface area contributed by atoms with Crippen LogP contribution < -0.4 is 4.90 Å². The standard InChI is InChI=1S/C15H17FN4O2/c1-18-10-12(9-17-18)19-4-6-20(7-5-19)15(22)13-3-2-11(16)8-14(13)21/h2-3,8-10,21H,4-7H2,1H3. The minimum Gasteiger partial charge on any atom is -0.507 e. The van der Waals surface area contributed by atoms with E-state index in [-0.39, 0.29) is 17.2 Å². The molecule has 3 rings (SSSR count). The molecule has 0 saturated carbocycles. The summed E-state index contributed by atoms with van der Waals surface area (Å²) in [5.41, 5.74) is 1.16. The SMILES string of the molecule is Cn1cc(N2CCN(C(=O)c3ccc(F)cc3O)CC2)cn1. The average molecular weight is 304 g/mol. The number of carbonyl (C=O) groups is 1. The highest BCUT2D eigenvalue weighted by Gasteiger charge is 2.24. The summed E-state index contributed by atoms with van der Waals surface area (Å²) in [4.78, 5) is 16.2. The van der Waals surface area contributed by atoms with Gasteiger partial charge in [0.05, 0.1) is 17.4 Å². The summed E-state index contributed by atoms with van der Waals surface area (Å²) in [6.07, 6.45) is 3.73. The number of phenolic OH excluding ortho intramolecular Hbond substituents is 1. The van der Waals surface area contributed by atoms with Crippen LogP contribution in [0.25, 0.3) is 0 Å². The average Bonchev–Trinajstić information content (AvgIpc) is 2.93. The van der Waals surface area contributed by atoms with Crippen LogP contribution in [-0.2, 0) is 7.05 Å². The van der Waals surface area contributed by atoms with E-state index in [0.29, 0.717) is 26.2 Å². The maximum Gasteiger partial charge on any atom is 0.257 e. The highest BCUT2D eigenvalue weighted by atomic mass is 19.1. The van der Waals surface area contributed by atoms with E-state index < -0.39 is 5.82 Å². The molecule has 1 aromatic heterocycles. The minimum atomic E-state index is -0.560. The third kappa shape index (κ3) is 2.74. The number of benzene rings is 1. The fraction of sp³-hybridized carbons (Fsp3) is 0.333. The van der Waals surface area contributed by atoms with Crippen molar-refractivity contribution >= 4 is 11.6 Å². The van der Waals surface area contributed by atoms with Crippen LogP contribution >= 0.6 is 0 Å². The molecule has 0 bridgehead atoms.